The third kappa shape index (κ3) is 1.96. The zero-order valence-corrected chi connectivity index (χ0v) is 13.3. The highest BCUT2D eigenvalue weighted by molar-refractivity contribution is 6.47. The minimum atomic E-state index is -1.26. The molecule has 2 aliphatic rings. The molecule has 1 fully saturated rings. The van der Waals surface area contributed by atoms with Gasteiger partial charge in [0, 0.05) is 0 Å². The number of nitrogens with zero attached hydrogens (tertiary/aromatic N) is 2. The van der Waals surface area contributed by atoms with Crippen LogP contribution in [0.2, 0.25) is 0 Å². The molecule has 7 nitrogen and oxygen atoms in total. The van der Waals surface area contributed by atoms with E-state index in [0.29, 0.717) is 5.69 Å². The highest BCUT2D eigenvalue weighted by Crippen LogP contribution is 2.38. The Morgan fingerprint density at radius 1 is 1.30 bits per heavy atom. The minimum absolute atomic E-state index is 0.0697. The molecule has 0 spiro atoms. The first-order valence-electron chi connectivity index (χ1n) is 7.20. The van der Waals surface area contributed by atoms with Crippen LogP contribution in [-0.4, -0.2) is 36.1 Å². The van der Waals surface area contributed by atoms with Crippen LogP contribution in [0.3, 0.4) is 0 Å². The maximum Gasteiger partial charge on any atom is 0.355 e. The Hall–Kier alpha value is -2.70. The van der Waals surface area contributed by atoms with Crippen molar-refractivity contribution in [2.45, 2.75) is 26.3 Å². The maximum atomic E-state index is 12.8. The quantitative estimate of drug-likeness (QED) is 0.640. The van der Waals surface area contributed by atoms with Crippen molar-refractivity contribution in [3.05, 3.63) is 29.3 Å². The Morgan fingerprint density at radius 3 is 2.61 bits per heavy atom. The zero-order valence-electron chi connectivity index (χ0n) is 13.3. The largest absolute Gasteiger partial charge is 0.464 e. The average molecular weight is 315 g/mol. The fourth-order valence-corrected chi connectivity index (χ4v) is 2.95. The van der Waals surface area contributed by atoms with E-state index in [1.807, 2.05) is 19.9 Å². The maximum absolute atomic E-state index is 12.8. The first-order chi connectivity index (χ1) is 10.8. The number of anilines is 1. The number of aryl methyl sites for hydroxylation is 2. The molecule has 120 valence electrons. The average Bonchev–Trinajstić information content (AvgIpc) is 2.96. The highest BCUT2D eigenvalue weighted by Gasteiger charge is 2.63. The van der Waals surface area contributed by atoms with Gasteiger partial charge in [0.2, 0.25) is 5.91 Å². The molecule has 0 aromatic heterocycles. The van der Waals surface area contributed by atoms with Gasteiger partial charge >= 0.3 is 5.97 Å². The van der Waals surface area contributed by atoms with E-state index in [9.17, 15) is 14.4 Å². The lowest BCUT2D eigenvalue weighted by Crippen LogP contribution is -2.48. The van der Waals surface area contributed by atoms with Gasteiger partial charge in [-0.25, -0.2) is 9.69 Å². The summed E-state index contributed by atoms with van der Waals surface area (Å²) in [6, 6.07) is 5.35. The molecule has 0 radical (unpaired) electrons. The smallest absolute Gasteiger partial charge is 0.355 e. The second kappa shape index (κ2) is 4.91. The summed E-state index contributed by atoms with van der Waals surface area (Å²) >= 11 is 0. The number of esters is 1. The van der Waals surface area contributed by atoms with Crippen LogP contribution in [0.25, 0.3) is 0 Å². The van der Waals surface area contributed by atoms with Crippen LogP contribution in [0.5, 0.6) is 0 Å². The van der Waals surface area contributed by atoms with Crippen LogP contribution in [0.4, 0.5) is 5.69 Å². The van der Waals surface area contributed by atoms with Crippen molar-refractivity contribution in [2.75, 3.05) is 12.0 Å². The van der Waals surface area contributed by atoms with Gasteiger partial charge in [0.15, 0.2) is 5.71 Å². The van der Waals surface area contributed by atoms with E-state index in [1.165, 1.54) is 7.11 Å². The summed E-state index contributed by atoms with van der Waals surface area (Å²) in [6.45, 7) is 5.43. The summed E-state index contributed by atoms with van der Waals surface area (Å²) in [7, 11) is 1.21. The van der Waals surface area contributed by atoms with Gasteiger partial charge in [0.05, 0.1) is 12.8 Å². The van der Waals surface area contributed by atoms with Crippen LogP contribution in [0.15, 0.2) is 23.3 Å². The fraction of sp³-hybridized carbons (Fsp3) is 0.375. The van der Waals surface area contributed by atoms with Gasteiger partial charge in [-0.3, -0.25) is 15.0 Å². The number of carbonyl (C=O) groups excluding carboxylic acids is 3. The third-order valence-corrected chi connectivity index (χ3v) is 4.52. The predicted molar refractivity (Wildman–Crippen MR) is 82.9 cm³/mol. The normalized spacial score (nSPS) is 26.0. The molecule has 23 heavy (non-hydrogen) atoms. The van der Waals surface area contributed by atoms with Gasteiger partial charge in [-0.2, -0.15) is 5.10 Å². The predicted octanol–water partition coefficient (Wildman–Crippen LogP) is 0.684. The summed E-state index contributed by atoms with van der Waals surface area (Å²) in [5.41, 5.74) is 3.83. The number of rotatable bonds is 2. The molecule has 0 saturated carbocycles. The third-order valence-electron chi connectivity index (χ3n) is 4.52. The molecule has 0 aliphatic carbocycles. The van der Waals surface area contributed by atoms with Crippen molar-refractivity contribution < 1.29 is 19.1 Å². The number of amides is 2. The summed E-state index contributed by atoms with van der Waals surface area (Å²) in [6.07, 6.45) is 0. The van der Waals surface area contributed by atoms with Gasteiger partial charge in [-0.05, 0) is 44.0 Å². The van der Waals surface area contributed by atoms with Gasteiger partial charge in [0.1, 0.15) is 11.5 Å². The molecule has 1 aromatic rings. The van der Waals surface area contributed by atoms with E-state index >= 15 is 0 Å². The number of fused-ring (bicyclic) bond motifs is 1. The Morgan fingerprint density at radius 2 is 2.00 bits per heavy atom. The fourth-order valence-electron chi connectivity index (χ4n) is 2.95. The second-order valence-corrected chi connectivity index (χ2v) is 5.98. The standard InChI is InChI=1S/C16H17N3O4/c1-8-5-6-10(7-9(8)2)19-13(20)11-12(14(21)23-4)17-18-16(11,3)15(19)22/h5-7,11,18H,1-4H3/t11-,16+/m0/s1. The molecular weight excluding hydrogens is 298 g/mol. The monoisotopic (exact) mass is 315 g/mol. The van der Waals surface area contributed by atoms with Crippen LogP contribution in [0, 0.1) is 19.8 Å². The van der Waals surface area contributed by atoms with E-state index in [1.54, 1.807) is 19.1 Å². The summed E-state index contributed by atoms with van der Waals surface area (Å²) in [4.78, 5) is 38.5. The molecule has 7 heteroatoms. The van der Waals surface area contributed by atoms with Crippen molar-refractivity contribution in [3.8, 4) is 0 Å². The van der Waals surface area contributed by atoms with Gasteiger partial charge in [-0.1, -0.05) is 6.07 Å². The number of benzene rings is 1. The molecule has 2 aliphatic heterocycles. The number of imide groups is 1. The van der Waals surface area contributed by atoms with Crippen LogP contribution in [0.1, 0.15) is 18.1 Å². The highest BCUT2D eigenvalue weighted by atomic mass is 16.5. The van der Waals surface area contributed by atoms with Gasteiger partial charge in [-0.15, -0.1) is 0 Å². The number of nitrogens with one attached hydrogen (secondary N) is 1. The van der Waals surface area contributed by atoms with Gasteiger partial charge in [0.25, 0.3) is 5.91 Å². The lowest BCUT2D eigenvalue weighted by atomic mass is 9.86. The number of methoxy groups -OCH3 is 1. The number of hydrogen-bond acceptors (Lipinski definition) is 6. The van der Waals surface area contributed by atoms with Crippen molar-refractivity contribution in [1.29, 1.82) is 0 Å². The van der Waals surface area contributed by atoms with E-state index in [-0.39, 0.29) is 5.71 Å². The first-order valence-corrected chi connectivity index (χ1v) is 7.20. The number of hydrazone groups is 1. The van der Waals surface area contributed by atoms with E-state index in [4.69, 9.17) is 0 Å². The number of carbonyl (C=O) groups is 3. The Balaban J connectivity index is 2.05. The Kier molecular flexibility index (Phi) is 3.24. The van der Waals surface area contributed by atoms with Crippen LogP contribution < -0.4 is 10.3 Å². The van der Waals surface area contributed by atoms with Crippen molar-refractivity contribution in [2.24, 2.45) is 11.0 Å². The lowest BCUT2D eigenvalue weighted by Gasteiger charge is -2.20. The summed E-state index contributed by atoms with van der Waals surface area (Å²) in [5.74, 6) is -2.60. The van der Waals surface area contributed by atoms with Crippen molar-refractivity contribution in [1.82, 2.24) is 5.43 Å². The van der Waals surface area contributed by atoms with Crippen LogP contribution in [-0.2, 0) is 19.1 Å². The zero-order chi connectivity index (χ0) is 16.9. The van der Waals surface area contributed by atoms with E-state index < -0.39 is 29.2 Å². The van der Waals surface area contributed by atoms with Crippen molar-refractivity contribution in [3.63, 3.8) is 0 Å². The molecule has 2 heterocycles. The molecular formula is C16H17N3O4. The van der Waals surface area contributed by atoms with Gasteiger partial charge < -0.3 is 4.74 Å². The number of hydrogen-bond donors (Lipinski definition) is 1. The molecule has 2 amide bonds. The SMILES string of the molecule is COC(=O)C1=NN[C@@]2(C)C(=O)N(c3ccc(C)c(C)c3)C(=O)[C@H]12. The van der Waals surface area contributed by atoms with Crippen molar-refractivity contribution >= 4 is 29.2 Å². The summed E-state index contributed by atoms with van der Waals surface area (Å²) in [5, 5.41) is 3.85. The lowest BCUT2D eigenvalue weighted by molar-refractivity contribution is -0.133. The molecule has 1 saturated heterocycles. The number of ether oxygens (including phenoxy) is 1. The van der Waals surface area contributed by atoms with E-state index in [0.717, 1.165) is 16.0 Å². The molecule has 0 bridgehead atoms. The topological polar surface area (TPSA) is 88.1 Å². The minimum Gasteiger partial charge on any atom is -0.464 e. The van der Waals surface area contributed by atoms with E-state index in [2.05, 4.69) is 15.3 Å². The molecule has 3 rings (SSSR count). The Bertz CT molecular complexity index is 771. The second-order valence-electron chi connectivity index (χ2n) is 5.98. The first kappa shape index (κ1) is 15.2. The summed E-state index contributed by atoms with van der Waals surface area (Å²) < 4.78 is 4.65. The molecule has 2 atom stereocenters. The molecule has 1 aromatic carbocycles. The van der Waals surface area contributed by atoms with Crippen LogP contribution >= 0.6 is 0 Å². The Labute approximate surface area is 133 Å². The molecule has 0 unspecified atom stereocenters. The molecule has 1 N–H and O–H groups in total.